The summed E-state index contributed by atoms with van der Waals surface area (Å²) in [7, 11) is 2.15. The molecule has 0 aromatic heterocycles. The first kappa shape index (κ1) is 19.3. The molecule has 1 unspecified atom stereocenters. The Morgan fingerprint density at radius 1 is 1.11 bits per heavy atom. The summed E-state index contributed by atoms with van der Waals surface area (Å²) in [5.74, 6) is -0.0644. The smallest absolute Gasteiger partial charge is 0.251 e. The van der Waals surface area contributed by atoms with Crippen LogP contribution in [0.2, 0.25) is 5.02 Å². The zero-order valence-corrected chi connectivity index (χ0v) is 17.2. The van der Waals surface area contributed by atoms with E-state index in [2.05, 4.69) is 40.4 Å². The van der Waals surface area contributed by atoms with Crippen LogP contribution in [0.5, 0.6) is 0 Å². The van der Waals surface area contributed by atoms with Gasteiger partial charge in [-0.05, 0) is 67.7 Å². The number of hydrogen-bond donors (Lipinski definition) is 1. The minimum Gasteiger partial charge on any atom is -0.374 e. The van der Waals surface area contributed by atoms with E-state index in [-0.39, 0.29) is 11.9 Å². The first-order valence-electron chi connectivity index (χ1n) is 10.2. The van der Waals surface area contributed by atoms with E-state index >= 15 is 0 Å². The highest BCUT2D eigenvalue weighted by Crippen LogP contribution is 2.32. The molecule has 4 rings (SSSR count). The number of anilines is 1. The molecular weight excluding hydrogens is 370 g/mol. The summed E-state index contributed by atoms with van der Waals surface area (Å²) < 4.78 is 0. The third-order valence-electron chi connectivity index (χ3n) is 5.99. The van der Waals surface area contributed by atoms with E-state index in [4.69, 9.17) is 11.6 Å². The predicted molar refractivity (Wildman–Crippen MR) is 115 cm³/mol. The van der Waals surface area contributed by atoms with Gasteiger partial charge in [0.05, 0.1) is 6.04 Å². The van der Waals surface area contributed by atoms with E-state index in [0.717, 1.165) is 26.1 Å². The number of nitrogens with one attached hydrogen (secondary N) is 1. The van der Waals surface area contributed by atoms with Gasteiger partial charge in [0.2, 0.25) is 0 Å². The van der Waals surface area contributed by atoms with Crippen LogP contribution in [-0.2, 0) is 6.42 Å². The van der Waals surface area contributed by atoms with Crippen LogP contribution >= 0.6 is 11.6 Å². The van der Waals surface area contributed by atoms with Gasteiger partial charge < -0.3 is 10.2 Å². The van der Waals surface area contributed by atoms with E-state index in [1.165, 1.54) is 36.1 Å². The number of piperidine rings is 1. The van der Waals surface area contributed by atoms with Crippen molar-refractivity contribution < 1.29 is 4.79 Å². The standard InChI is InChI=1S/C23H28ClN3O/c1-26-13-10-18-14-17(8-9-21(18)26)22(27-11-3-2-4-12-27)16-25-23(28)19-6-5-7-20(24)15-19/h5-9,14-15,22H,2-4,10-13,16H2,1H3,(H,25,28). The van der Waals surface area contributed by atoms with Gasteiger partial charge in [-0.3, -0.25) is 9.69 Å². The van der Waals surface area contributed by atoms with Crippen LogP contribution in [0.3, 0.4) is 0 Å². The molecule has 2 aromatic rings. The lowest BCUT2D eigenvalue weighted by molar-refractivity contribution is 0.0924. The topological polar surface area (TPSA) is 35.6 Å². The summed E-state index contributed by atoms with van der Waals surface area (Å²) in [6.45, 7) is 3.88. The number of hydrogen-bond acceptors (Lipinski definition) is 3. The van der Waals surface area contributed by atoms with E-state index in [1.54, 1.807) is 12.1 Å². The maximum atomic E-state index is 12.7. The highest BCUT2D eigenvalue weighted by atomic mass is 35.5. The molecule has 0 saturated carbocycles. The quantitative estimate of drug-likeness (QED) is 0.817. The second-order valence-electron chi connectivity index (χ2n) is 7.89. The summed E-state index contributed by atoms with van der Waals surface area (Å²) in [5.41, 5.74) is 4.68. The zero-order chi connectivity index (χ0) is 19.5. The highest BCUT2D eigenvalue weighted by Gasteiger charge is 2.25. The molecule has 1 amide bonds. The molecule has 148 valence electrons. The molecule has 2 aliphatic rings. The number of likely N-dealkylation sites (N-methyl/N-ethyl adjacent to an activating group) is 1. The van der Waals surface area contributed by atoms with Crippen molar-refractivity contribution in [2.24, 2.45) is 0 Å². The number of likely N-dealkylation sites (tertiary alicyclic amines) is 1. The van der Waals surface area contributed by atoms with Crippen LogP contribution in [0, 0.1) is 0 Å². The molecule has 0 aliphatic carbocycles. The lowest BCUT2D eigenvalue weighted by Crippen LogP contribution is -2.40. The fourth-order valence-corrected chi connectivity index (χ4v) is 4.59. The average molecular weight is 398 g/mol. The summed E-state index contributed by atoms with van der Waals surface area (Å²) in [6.07, 6.45) is 4.85. The fraction of sp³-hybridized carbons (Fsp3) is 0.435. The summed E-state index contributed by atoms with van der Waals surface area (Å²) in [5, 5.41) is 3.73. The Bertz CT molecular complexity index is 847. The lowest BCUT2D eigenvalue weighted by Gasteiger charge is -2.35. The normalized spacial score (nSPS) is 18.0. The second-order valence-corrected chi connectivity index (χ2v) is 8.33. The Balaban J connectivity index is 1.53. The van der Waals surface area contributed by atoms with Crippen molar-refractivity contribution in [3.63, 3.8) is 0 Å². The minimum atomic E-state index is -0.0644. The number of benzene rings is 2. The van der Waals surface area contributed by atoms with Crippen molar-refractivity contribution in [2.75, 3.05) is 38.1 Å². The van der Waals surface area contributed by atoms with E-state index in [9.17, 15) is 4.79 Å². The first-order valence-corrected chi connectivity index (χ1v) is 10.6. The van der Waals surface area contributed by atoms with Gasteiger partial charge in [0, 0.05) is 36.4 Å². The molecule has 1 N–H and O–H groups in total. The molecule has 0 radical (unpaired) electrons. The van der Waals surface area contributed by atoms with Crippen LogP contribution in [0.4, 0.5) is 5.69 Å². The van der Waals surface area contributed by atoms with Crippen molar-refractivity contribution in [3.8, 4) is 0 Å². The van der Waals surface area contributed by atoms with Crippen molar-refractivity contribution >= 4 is 23.2 Å². The van der Waals surface area contributed by atoms with Gasteiger partial charge in [-0.25, -0.2) is 0 Å². The van der Waals surface area contributed by atoms with Crippen molar-refractivity contribution in [1.29, 1.82) is 0 Å². The first-order chi connectivity index (χ1) is 13.6. The minimum absolute atomic E-state index is 0.0644. The van der Waals surface area contributed by atoms with Gasteiger partial charge in [0.15, 0.2) is 0 Å². The van der Waals surface area contributed by atoms with Crippen LogP contribution in [0.25, 0.3) is 0 Å². The van der Waals surface area contributed by atoms with Crippen LogP contribution in [0.15, 0.2) is 42.5 Å². The highest BCUT2D eigenvalue weighted by molar-refractivity contribution is 6.30. The van der Waals surface area contributed by atoms with Crippen LogP contribution in [0.1, 0.15) is 46.8 Å². The molecular formula is C23H28ClN3O. The second kappa shape index (κ2) is 8.54. The van der Waals surface area contributed by atoms with Gasteiger partial charge in [-0.1, -0.05) is 36.2 Å². The van der Waals surface area contributed by atoms with Crippen LogP contribution < -0.4 is 10.2 Å². The number of nitrogens with zero attached hydrogens (tertiary/aromatic N) is 2. The average Bonchev–Trinajstić information content (AvgIpc) is 3.09. The molecule has 0 spiro atoms. The SMILES string of the molecule is CN1CCc2cc(C(CNC(=O)c3cccc(Cl)c3)N3CCCCC3)ccc21. The molecule has 2 aromatic carbocycles. The molecule has 1 atom stereocenters. The zero-order valence-electron chi connectivity index (χ0n) is 16.5. The van der Waals surface area contributed by atoms with E-state index < -0.39 is 0 Å². The summed E-state index contributed by atoms with van der Waals surface area (Å²) in [6, 6.07) is 14.2. The molecule has 2 aliphatic heterocycles. The molecule has 28 heavy (non-hydrogen) atoms. The molecule has 1 saturated heterocycles. The molecule has 0 bridgehead atoms. The Morgan fingerprint density at radius 2 is 1.93 bits per heavy atom. The lowest BCUT2D eigenvalue weighted by atomic mass is 9.98. The Morgan fingerprint density at radius 3 is 2.71 bits per heavy atom. The van der Waals surface area contributed by atoms with E-state index in [1.807, 2.05) is 12.1 Å². The number of amides is 1. The molecule has 5 heteroatoms. The largest absolute Gasteiger partial charge is 0.374 e. The van der Waals surface area contributed by atoms with Gasteiger partial charge in [0.25, 0.3) is 5.91 Å². The van der Waals surface area contributed by atoms with Crippen molar-refractivity contribution in [3.05, 3.63) is 64.2 Å². The van der Waals surface area contributed by atoms with Gasteiger partial charge in [0.1, 0.15) is 0 Å². The van der Waals surface area contributed by atoms with E-state index in [0.29, 0.717) is 17.1 Å². The molecule has 1 fully saturated rings. The Labute approximate surface area is 172 Å². The number of fused-ring (bicyclic) bond motifs is 1. The summed E-state index contributed by atoms with van der Waals surface area (Å²) >= 11 is 6.04. The Kier molecular flexibility index (Phi) is 5.88. The number of carbonyl (C=O) groups is 1. The monoisotopic (exact) mass is 397 g/mol. The number of rotatable bonds is 5. The van der Waals surface area contributed by atoms with Gasteiger partial charge >= 0.3 is 0 Å². The number of carbonyl (C=O) groups excluding carboxylic acids is 1. The third-order valence-corrected chi connectivity index (χ3v) is 6.23. The van der Waals surface area contributed by atoms with Crippen molar-refractivity contribution in [2.45, 2.75) is 31.7 Å². The molecule has 4 nitrogen and oxygen atoms in total. The van der Waals surface area contributed by atoms with Crippen LogP contribution in [-0.4, -0.2) is 44.0 Å². The van der Waals surface area contributed by atoms with Gasteiger partial charge in [-0.15, -0.1) is 0 Å². The number of halogens is 1. The third kappa shape index (κ3) is 4.18. The maximum Gasteiger partial charge on any atom is 0.251 e. The Hall–Kier alpha value is -2.04. The maximum absolute atomic E-state index is 12.7. The predicted octanol–water partition coefficient (Wildman–Crippen LogP) is 4.29. The fourth-order valence-electron chi connectivity index (χ4n) is 4.40. The summed E-state index contributed by atoms with van der Waals surface area (Å²) in [4.78, 5) is 17.5. The van der Waals surface area contributed by atoms with Crippen molar-refractivity contribution in [1.82, 2.24) is 10.2 Å². The van der Waals surface area contributed by atoms with Gasteiger partial charge in [-0.2, -0.15) is 0 Å². The molecule has 2 heterocycles.